The first-order valence-electron chi connectivity index (χ1n) is 14.2. The largest absolute Gasteiger partial charge is 0.484 e. The molecule has 4 atom stereocenters. The predicted octanol–water partition coefficient (Wildman–Crippen LogP) is 3.23. The van der Waals surface area contributed by atoms with Crippen LogP contribution in [-0.4, -0.2) is 70.0 Å². The summed E-state index contributed by atoms with van der Waals surface area (Å²) in [5.74, 6) is -4.08. The molecule has 1 fully saturated rings. The molecule has 0 spiro atoms. The molecule has 230 valence electrons. The van der Waals surface area contributed by atoms with Crippen LogP contribution in [0.1, 0.15) is 30.3 Å². The maximum Gasteiger partial charge on any atom is 0.374 e. The Bertz CT molecular complexity index is 1450. The highest BCUT2D eigenvalue weighted by Gasteiger charge is 2.46. The van der Waals surface area contributed by atoms with E-state index in [1.54, 1.807) is 68.4 Å². The van der Waals surface area contributed by atoms with E-state index in [-0.39, 0.29) is 24.7 Å². The summed E-state index contributed by atoms with van der Waals surface area (Å²) >= 11 is 1.38. The van der Waals surface area contributed by atoms with Crippen molar-refractivity contribution in [3.8, 4) is 5.75 Å². The third-order valence-electron chi connectivity index (χ3n) is 7.13. The molecule has 3 amide bonds. The van der Waals surface area contributed by atoms with E-state index in [1.807, 2.05) is 36.4 Å². The summed E-state index contributed by atoms with van der Waals surface area (Å²) in [6.45, 7) is 3.27. The number of nitrogens with one attached hydrogen (secondary N) is 2. The maximum absolute atomic E-state index is 14.2. The molecule has 1 saturated heterocycles. The van der Waals surface area contributed by atoms with Gasteiger partial charge in [0.2, 0.25) is 11.8 Å². The molecule has 0 aromatic heterocycles. The smallest absolute Gasteiger partial charge is 0.374 e. The fourth-order valence-electron chi connectivity index (χ4n) is 4.88. The molecular weight excluding hydrogens is 582 g/mol. The number of amides is 3. The molecule has 1 aliphatic rings. The van der Waals surface area contributed by atoms with Crippen molar-refractivity contribution >= 4 is 41.2 Å². The molecule has 1 aliphatic heterocycles. The Kier molecular flexibility index (Phi) is 11.1. The molecule has 0 aliphatic carbocycles. The normalized spacial score (nSPS) is 17.4. The summed E-state index contributed by atoms with van der Waals surface area (Å²) in [5.41, 5.74) is 1.45. The lowest BCUT2D eigenvalue weighted by Crippen LogP contribution is -2.58. The highest BCUT2D eigenvalue weighted by atomic mass is 32.2. The van der Waals surface area contributed by atoms with Gasteiger partial charge in [0.25, 0.3) is 11.7 Å². The molecule has 11 heteroatoms. The minimum absolute atomic E-state index is 0.0280. The number of rotatable bonds is 13. The van der Waals surface area contributed by atoms with E-state index in [4.69, 9.17) is 4.74 Å². The third kappa shape index (κ3) is 8.25. The predicted molar refractivity (Wildman–Crippen MR) is 166 cm³/mol. The number of benzene rings is 3. The van der Waals surface area contributed by atoms with Crippen molar-refractivity contribution in [2.24, 2.45) is 5.92 Å². The Hall–Kier alpha value is -4.64. The number of ether oxygens (including phenoxy) is 1. The van der Waals surface area contributed by atoms with Crippen LogP contribution in [-0.2, 0) is 30.4 Å². The van der Waals surface area contributed by atoms with Crippen LogP contribution in [0.25, 0.3) is 0 Å². The molecule has 0 radical (unpaired) electrons. The maximum atomic E-state index is 14.2. The first kappa shape index (κ1) is 32.3. The zero-order chi connectivity index (χ0) is 31.6. The van der Waals surface area contributed by atoms with Gasteiger partial charge in [0.1, 0.15) is 29.2 Å². The zero-order valence-electron chi connectivity index (χ0n) is 24.4. The van der Waals surface area contributed by atoms with E-state index < -0.39 is 53.0 Å². The van der Waals surface area contributed by atoms with Gasteiger partial charge in [-0.2, -0.15) is 0 Å². The van der Waals surface area contributed by atoms with E-state index >= 15 is 0 Å². The topological polar surface area (TPSA) is 142 Å². The molecule has 0 bridgehead atoms. The van der Waals surface area contributed by atoms with Crippen LogP contribution in [0.4, 0.5) is 0 Å². The van der Waals surface area contributed by atoms with E-state index in [2.05, 4.69) is 10.6 Å². The molecule has 0 saturated carbocycles. The molecule has 1 heterocycles. The summed E-state index contributed by atoms with van der Waals surface area (Å²) in [4.78, 5) is 66.6. The highest BCUT2D eigenvalue weighted by molar-refractivity contribution is 7.99. The lowest BCUT2D eigenvalue weighted by molar-refractivity contribution is -0.151. The summed E-state index contributed by atoms with van der Waals surface area (Å²) in [5, 5.41) is 14.3. The van der Waals surface area contributed by atoms with Crippen molar-refractivity contribution in [2.45, 2.75) is 43.8 Å². The number of aliphatic carboxylic acids is 1. The van der Waals surface area contributed by atoms with Gasteiger partial charge in [0.05, 0.1) is 0 Å². The molecule has 3 aromatic carbocycles. The lowest BCUT2D eigenvalue weighted by Gasteiger charge is -2.34. The van der Waals surface area contributed by atoms with Crippen LogP contribution < -0.4 is 15.4 Å². The Labute approximate surface area is 260 Å². The molecule has 3 aromatic rings. The second-order valence-electron chi connectivity index (χ2n) is 10.7. The molecular formula is C33H35N3O7S. The van der Waals surface area contributed by atoms with Gasteiger partial charge in [-0.3, -0.25) is 19.2 Å². The van der Waals surface area contributed by atoms with Crippen LogP contribution in [0.3, 0.4) is 0 Å². The number of carbonyl (C=O) groups is 5. The number of carboxylic acids is 1. The average Bonchev–Trinajstić information content (AvgIpc) is 3.48. The number of Topliss-reactive ketones (excluding diaryl/α,β-unsaturated/α-hetero) is 1. The SMILES string of the molecule is CC(C)[C@H](NC(=O)COc1ccccc1)C(=O)N1C(c2ccccc2)SC[C@H]1C(=O)N[C@@H](Cc1ccccc1)C(=O)C(=O)O. The lowest BCUT2D eigenvalue weighted by atomic mass is 10.00. The summed E-state index contributed by atoms with van der Waals surface area (Å²) in [6.07, 6.45) is -0.0280. The van der Waals surface area contributed by atoms with Crippen LogP contribution in [0.5, 0.6) is 5.75 Å². The van der Waals surface area contributed by atoms with Crippen molar-refractivity contribution in [1.29, 1.82) is 0 Å². The monoisotopic (exact) mass is 617 g/mol. The van der Waals surface area contributed by atoms with E-state index in [9.17, 15) is 29.1 Å². The van der Waals surface area contributed by atoms with Crippen LogP contribution in [0.2, 0.25) is 0 Å². The van der Waals surface area contributed by atoms with E-state index in [0.29, 0.717) is 11.3 Å². The average molecular weight is 618 g/mol. The van der Waals surface area contributed by atoms with Crippen molar-refractivity contribution in [1.82, 2.24) is 15.5 Å². The van der Waals surface area contributed by atoms with Gasteiger partial charge in [0.15, 0.2) is 6.61 Å². The number of ketones is 1. The fraction of sp³-hybridized carbons (Fsp3) is 0.303. The molecule has 44 heavy (non-hydrogen) atoms. The van der Waals surface area contributed by atoms with Crippen LogP contribution in [0.15, 0.2) is 91.0 Å². The van der Waals surface area contributed by atoms with Crippen molar-refractivity contribution in [3.63, 3.8) is 0 Å². The van der Waals surface area contributed by atoms with Gasteiger partial charge in [-0.1, -0.05) is 92.7 Å². The number of hydrogen-bond acceptors (Lipinski definition) is 7. The molecule has 3 N–H and O–H groups in total. The van der Waals surface area contributed by atoms with Gasteiger partial charge in [-0.25, -0.2) is 4.79 Å². The zero-order valence-corrected chi connectivity index (χ0v) is 25.2. The summed E-state index contributed by atoms with van der Waals surface area (Å²) < 4.78 is 5.55. The van der Waals surface area contributed by atoms with Crippen molar-refractivity contribution < 1.29 is 33.8 Å². The third-order valence-corrected chi connectivity index (χ3v) is 8.45. The number of para-hydroxylation sites is 1. The molecule has 1 unspecified atom stereocenters. The Morgan fingerprint density at radius 1 is 0.886 bits per heavy atom. The van der Waals surface area contributed by atoms with Gasteiger partial charge < -0.3 is 25.4 Å². The van der Waals surface area contributed by atoms with Gasteiger partial charge in [0, 0.05) is 12.2 Å². The van der Waals surface area contributed by atoms with Crippen molar-refractivity contribution in [3.05, 3.63) is 102 Å². The first-order chi connectivity index (χ1) is 21.2. The second kappa shape index (κ2) is 15.2. The van der Waals surface area contributed by atoms with E-state index in [1.165, 1.54) is 16.7 Å². The summed E-state index contributed by atoms with van der Waals surface area (Å²) in [6, 6.07) is 23.4. The minimum atomic E-state index is -1.66. The number of nitrogens with zero attached hydrogens (tertiary/aromatic N) is 1. The molecule has 4 rings (SSSR count). The van der Waals surface area contributed by atoms with E-state index in [0.717, 1.165) is 5.56 Å². The Morgan fingerprint density at radius 2 is 1.48 bits per heavy atom. The number of hydrogen-bond donors (Lipinski definition) is 3. The standard InChI is InChI=1S/C33H35N3O7S/c1-21(2)28(35-27(37)19-43-24-16-10-5-11-17-24)31(40)36-26(20-44-32(36)23-14-8-4-9-15-23)30(39)34-25(29(38)33(41)42)18-22-12-6-3-7-13-22/h3-17,21,25-26,28,32H,18-20H2,1-2H3,(H,34,39)(H,35,37)(H,41,42)/t25-,26-,28-,32?/m0/s1. The van der Waals surface area contributed by atoms with Crippen LogP contribution in [0, 0.1) is 5.92 Å². The number of carbonyl (C=O) groups excluding carboxylic acids is 4. The number of carboxylic acid groups (broad SMARTS) is 1. The second-order valence-corrected chi connectivity index (χ2v) is 11.8. The van der Waals surface area contributed by atoms with Gasteiger partial charge in [-0.15, -0.1) is 11.8 Å². The fourth-order valence-corrected chi connectivity index (χ4v) is 6.32. The quantitative estimate of drug-likeness (QED) is 0.248. The van der Waals surface area contributed by atoms with Gasteiger partial charge >= 0.3 is 5.97 Å². The number of thioether (sulfide) groups is 1. The minimum Gasteiger partial charge on any atom is -0.484 e. The highest BCUT2D eigenvalue weighted by Crippen LogP contribution is 2.42. The molecule has 10 nitrogen and oxygen atoms in total. The first-order valence-corrected chi connectivity index (χ1v) is 15.3. The Morgan fingerprint density at radius 3 is 2.07 bits per heavy atom. The van der Waals surface area contributed by atoms with Crippen LogP contribution >= 0.6 is 11.8 Å². The van der Waals surface area contributed by atoms with Gasteiger partial charge in [-0.05, 0) is 29.2 Å². The van der Waals surface area contributed by atoms with Crippen molar-refractivity contribution in [2.75, 3.05) is 12.4 Å². The Balaban J connectivity index is 1.57. The summed E-state index contributed by atoms with van der Waals surface area (Å²) in [7, 11) is 0.